The minimum Gasteiger partial charge on any atom is -0.382 e. The first-order valence-corrected chi connectivity index (χ1v) is 5.34. The van der Waals surface area contributed by atoms with Crippen LogP contribution in [0.5, 0.6) is 0 Å². The Labute approximate surface area is 98.1 Å². The van der Waals surface area contributed by atoms with Gasteiger partial charge in [0.2, 0.25) is 0 Å². The highest BCUT2D eigenvalue weighted by molar-refractivity contribution is 6.33. The molecule has 0 unspecified atom stereocenters. The lowest BCUT2D eigenvalue weighted by Crippen LogP contribution is -2.40. The van der Waals surface area contributed by atoms with Gasteiger partial charge >= 0.3 is 0 Å². The van der Waals surface area contributed by atoms with Crippen LogP contribution in [0.15, 0.2) is 12.3 Å². The fourth-order valence-corrected chi connectivity index (χ4v) is 1.68. The number of aromatic nitrogens is 1. The van der Waals surface area contributed by atoms with Gasteiger partial charge in [0.1, 0.15) is 5.82 Å². The molecule has 0 radical (unpaired) electrons. The molecule has 1 aliphatic rings. The standard InChI is InChI=1S/C10H12ClN3O2/c11-8-5-7(6-13-9(8)12)10(15)14-1-3-16-4-2-14/h5-6H,1-4H2,(H2,12,13). The molecule has 0 aromatic carbocycles. The topological polar surface area (TPSA) is 68.5 Å². The highest BCUT2D eigenvalue weighted by Crippen LogP contribution is 2.18. The van der Waals surface area contributed by atoms with Crippen LogP contribution in [0.2, 0.25) is 5.02 Å². The monoisotopic (exact) mass is 241 g/mol. The Bertz CT molecular complexity index is 405. The largest absolute Gasteiger partial charge is 0.382 e. The average Bonchev–Trinajstić information content (AvgIpc) is 2.33. The average molecular weight is 242 g/mol. The van der Waals surface area contributed by atoms with Gasteiger partial charge in [-0.15, -0.1) is 0 Å². The number of pyridine rings is 1. The lowest BCUT2D eigenvalue weighted by molar-refractivity contribution is 0.0302. The highest BCUT2D eigenvalue weighted by atomic mass is 35.5. The van der Waals surface area contributed by atoms with Crippen molar-refractivity contribution in [2.75, 3.05) is 32.0 Å². The number of rotatable bonds is 1. The van der Waals surface area contributed by atoms with Gasteiger partial charge in [-0.05, 0) is 6.07 Å². The maximum absolute atomic E-state index is 12.0. The zero-order chi connectivity index (χ0) is 11.5. The van der Waals surface area contributed by atoms with Crippen LogP contribution in [0, 0.1) is 0 Å². The lowest BCUT2D eigenvalue weighted by Gasteiger charge is -2.26. The first-order valence-electron chi connectivity index (χ1n) is 4.96. The number of carbonyl (C=O) groups is 1. The summed E-state index contributed by atoms with van der Waals surface area (Å²) in [6, 6.07) is 1.54. The van der Waals surface area contributed by atoms with E-state index in [1.807, 2.05) is 0 Å². The number of nitrogens with two attached hydrogens (primary N) is 1. The predicted molar refractivity (Wildman–Crippen MR) is 60.4 cm³/mol. The van der Waals surface area contributed by atoms with Crippen molar-refractivity contribution in [2.45, 2.75) is 0 Å². The fourth-order valence-electron chi connectivity index (χ4n) is 1.51. The number of halogens is 1. The molecular weight excluding hydrogens is 230 g/mol. The number of nitrogen functional groups attached to an aromatic ring is 1. The molecule has 16 heavy (non-hydrogen) atoms. The highest BCUT2D eigenvalue weighted by Gasteiger charge is 2.19. The second-order valence-electron chi connectivity index (χ2n) is 3.50. The number of anilines is 1. The number of morpholine rings is 1. The van der Waals surface area contributed by atoms with Gasteiger partial charge in [-0.3, -0.25) is 4.79 Å². The van der Waals surface area contributed by atoms with E-state index in [-0.39, 0.29) is 11.7 Å². The van der Waals surface area contributed by atoms with Crippen LogP contribution in [0.25, 0.3) is 0 Å². The van der Waals surface area contributed by atoms with Crippen molar-refractivity contribution in [1.82, 2.24) is 9.88 Å². The molecule has 0 spiro atoms. The van der Waals surface area contributed by atoms with Gasteiger partial charge in [-0.25, -0.2) is 4.98 Å². The maximum Gasteiger partial charge on any atom is 0.255 e. The smallest absolute Gasteiger partial charge is 0.255 e. The molecule has 86 valence electrons. The van der Waals surface area contributed by atoms with E-state index in [4.69, 9.17) is 22.1 Å². The van der Waals surface area contributed by atoms with E-state index >= 15 is 0 Å². The van der Waals surface area contributed by atoms with Crippen molar-refractivity contribution < 1.29 is 9.53 Å². The van der Waals surface area contributed by atoms with Crippen LogP contribution in [-0.4, -0.2) is 42.1 Å². The van der Waals surface area contributed by atoms with E-state index in [0.29, 0.717) is 36.9 Å². The van der Waals surface area contributed by atoms with Gasteiger partial charge in [0.25, 0.3) is 5.91 Å². The second-order valence-corrected chi connectivity index (χ2v) is 3.90. The molecule has 0 atom stereocenters. The molecule has 1 saturated heterocycles. The molecule has 0 bridgehead atoms. The Morgan fingerprint density at radius 3 is 2.81 bits per heavy atom. The van der Waals surface area contributed by atoms with Gasteiger partial charge in [-0.2, -0.15) is 0 Å². The molecule has 5 nitrogen and oxygen atoms in total. The number of carbonyl (C=O) groups excluding carboxylic acids is 1. The minimum absolute atomic E-state index is 0.0855. The summed E-state index contributed by atoms with van der Waals surface area (Å²) in [4.78, 5) is 17.6. The summed E-state index contributed by atoms with van der Waals surface area (Å²) in [6.07, 6.45) is 1.44. The van der Waals surface area contributed by atoms with Gasteiger partial charge in [0, 0.05) is 19.3 Å². The molecule has 0 aliphatic carbocycles. The van der Waals surface area contributed by atoms with Crippen LogP contribution in [0.1, 0.15) is 10.4 Å². The summed E-state index contributed by atoms with van der Waals surface area (Å²) < 4.78 is 5.17. The zero-order valence-electron chi connectivity index (χ0n) is 8.65. The van der Waals surface area contributed by atoms with E-state index in [1.165, 1.54) is 6.20 Å². The molecule has 1 fully saturated rings. The molecule has 6 heteroatoms. The van der Waals surface area contributed by atoms with Gasteiger partial charge in [0.05, 0.1) is 23.8 Å². The summed E-state index contributed by atoms with van der Waals surface area (Å²) in [5.74, 6) is 0.151. The summed E-state index contributed by atoms with van der Waals surface area (Å²) in [7, 11) is 0. The van der Waals surface area contributed by atoms with Crippen LogP contribution in [0.3, 0.4) is 0 Å². The molecule has 1 amide bonds. The van der Waals surface area contributed by atoms with Crippen molar-refractivity contribution >= 4 is 23.3 Å². The van der Waals surface area contributed by atoms with Gasteiger partial charge in [0.15, 0.2) is 0 Å². The van der Waals surface area contributed by atoms with Gasteiger partial charge < -0.3 is 15.4 Å². The molecular formula is C10H12ClN3O2. The van der Waals surface area contributed by atoms with Crippen molar-refractivity contribution in [3.05, 3.63) is 22.8 Å². The summed E-state index contributed by atoms with van der Waals surface area (Å²) in [5, 5.41) is 0.305. The summed E-state index contributed by atoms with van der Waals surface area (Å²) in [5.41, 5.74) is 5.94. The predicted octanol–water partition coefficient (Wildman–Crippen LogP) is 0.790. The quantitative estimate of drug-likeness (QED) is 0.789. The van der Waals surface area contributed by atoms with E-state index in [0.717, 1.165) is 0 Å². The molecule has 1 aliphatic heterocycles. The third-order valence-corrected chi connectivity index (χ3v) is 2.72. The number of hydrogen-bond acceptors (Lipinski definition) is 4. The Morgan fingerprint density at radius 2 is 2.19 bits per heavy atom. The van der Waals surface area contributed by atoms with E-state index in [2.05, 4.69) is 4.98 Å². The second kappa shape index (κ2) is 4.67. The van der Waals surface area contributed by atoms with Crippen LogP contribution < -0.4 is 5.73 Å². The first kappa shape index (κ1) is 11.2. The molecule has 2 rings (SSSR count). The van der Waals surface area contributed by atoms with Crippen LogP contribution in [0.4, 0.5) is 5.82 Å². The SMILES string of the molecule is Nc1ncc(C(=O)N2CCOCC2)cc1Cl. The fraction of sp³-hybridized carbons (Fsp3) is 0.400. The number of ether oxygens (including phenoxy) is 1. The number of amides is 1. The van der Waals surface area contributed by atoms with Crippen molar-refractivity contribution in [3.63, 3.8) is 0 Å². The van der Waals surface area contributed by atoms with Crippen molar-refractivity contribution in [3.8, 4) is 0 Å². The molecule has 2 N–H and O–H groups in total. The number of hydrogen-bond donors (Lipinski definition) is 1. The zero-order valence-corrected chi connectivity index (χ0v) is 9.41. The molecule has 1 aromatic rings. The summed E-state index contributed by atoms with van der Waals surface area (Å²) >= 11 is 5.81. The third kappa shape index (κ3) is 2.25. The first-order chi connectivity index (χ1) is 7.68. The maximum atomic E-state index is 12.0. The van der Waals surface area contributed by atoms with E-state index in [9.17, 15) is 4.79 Å². The Hall–Kier alpha value is -1.33. The van der Waals surface area contributed by atoms with Crippen molar-refractivity contribution in [1.29, 1.82) is 0 Å². The summed E-state index contributed by atoms with van der Waals surface area (Å²) in [6.45, 7) is 2.34. The van der Waals surface area contributed by atoms with Crippen LogP contribution in [-0.2, 0) is 4.74 Å². The molecule has 2 heterocycles. The lowest BCUT2D eigenvalue weighted by atomic mass is 10.2. The number of nitrogens with zero attached hydrogens (tertiary/aromatic N) is 2. The Balaban J connectivity index is 2.16. The third-order valence-electron chi connectivity index (χ3n) is 2.41. The minimum atomic E-state index is -0.0855. The van der Waals surface area contributed by atoms with E-state index < -0.39 is 0 Å². The Morgan fingerprint density at radius 1 is 1.50 bits per heavy atom. The van der Waals surface area contributed by atoms with E-state index in [1.54, 1.807) is 11.0 Å². The van der Waals surface area contributed by atoms with Gasteiger partial charge in [-0.1, -0.05) is 11.6 Å². The van der Waals surface area contributed by atoms with Crippen molar-refractivity contribution in [2.24, 2.45) is 0 Å². The van der Waals surface area contributed by atoms with Crippen LogP contribution >= 0.6 is 11.6 Å². The Kier molecular flexibility index (Phi) is 3.26. The normalized spacial score (nSPS) is 16.2. The molecule has 1 aromatic heterocycles. The molecule has 0 saturated carbocycles.